The topological polar surface area (TPSA) is 110 Å². The first-order valence-corrected chi connectivity index (χ1v) is 4.64. The highest BCUT2D eigenvalue weighted by Gasteiger charge is 2.11. The standard InChI is InChI=1S/C8H7ClN6O/c9-4-1-2-5(11-3-4)12-7(16)6-13-8(10)15-14-6/h1-3H,(H,11,12,16)(H3,10,13,14,15). The van der Waals surface area contributed by atoms with Gasteiger partial charge in [-0.2, -0.15) is 4.98 Å². The molecule has 0 radical (unpaired) electrons. The van der Waals surface area contributed by atoms with E-state index in [-0.39, 0.29) is 11.8 Å². The molecule has 0 atom stereocenters. The van der Waals surface area contributed by atoms with Gasteiger partial charge in [0.25, 0.3) is 5.91 Å². The molecule has 0 aliphatic heterocycles. The van der Waals surface area contributed by atoms with Crippen molar-refractivity contribution in [1.82, 2.24) is 20.2 Å². The maximum Gasteiger partial charge on any atom is 0.294 e. The quantitative estimate of drug-likeness (QED) is 0.713. The van der Waals surface area contributed by atoms with E-state index in [1.54, 1.807) is 12.1 Å². The second-order valence-corrected chi connectivity index (χ2v) is 3.29. The van der Waals surface area contributed by atoms with Gasteiger partial charge in [-0.25, -0.2) is 4.98 Å². The predicted molar refractivity (Wildman–Crippen MR) is 58.0 cm³/mol. The number of halogens is 1. The number of nitrogens with one attached hydrogen (secondary N) is 2. The molecule has 2 heterocycles. The van der Waals surface area contributed by atoms with Crippen LogP contribution >= 0.6 is 11.6 Å². The van der Waals surface area contributed by atoms with Gasteiger partial charge in [0, 0.05) is 6.20 Å². The fourth-order valence-corrected chi connectivity index (χ4v) is 1.11. The minimum atomic E-state index is -0.473. The summed E-state index contributed by atoms with van der Waals surface area (Å²) in [5.74, 6) is -0.0770. The molecule has 0 bridgehead atoms. The number of anilines is 2. The lowest BCUT2D eigenvalue weighted by Crippen LogP contribution is -2.14. The van der Waals surface area contributed by atoms with Crippen molar-refractivity contribution in [2.45, 2.75) is 0 Å². The fourth-order valence-electron chi connectivity index (χ4n) is 1.00. The van der Waals surface area contributed by atoms with Crippen LogP contribution in [0.4, 0.5) is 11.8 Å². The predicted octanol–water partition coefficient (Wildman–Crippen LogP) is 0.688. The van der Waals surface area contributed by atoms with Gasteiger partial charge in [-0.05, 0) is 12.1 Å². The largest absolute Gasteiger partial charge is 0.366 e. The van der Waals surface area contributed by atoms with Crippen molar-refractivity contribution >= 4 is 29.3 Å². The average molecular weight is 239 g/mol. The van der Waals surface area contributed by atoms with E-state index in [1.807, 2.05) is 0 Å². The van der Waals surface area contributed by atoms with Crippen molar-refractivity contribution in [3.8, 4) is 0 Å². The molecule has 0 fully saturated rings. The molecule has 8 heteroatoms. The number of nitrogen functional groups attached to an aromatic ring is 1. The van der Waals surface area contributed by atoms with Crippen LogP contribution in [0.3, 0.4) is 0 Å². The Morgan fingerprint density at radius 1 is 1.50 bits per heavy atom. The van der Waals surface area contributed by atoms with Gasteiger partial charge in [0.2, 0.25) is 11.8 Å². The first-order valence-electron chi connectivity index (χ1n) is 4.26. The van der Waals surface area contributed by atoms with Crippen molar-refractivity contribution in [1.29, 1.82) is 0 Å². The molecule has 2 rings (SSSR count). The zero-order chi connectivity index (χ0) is 11.5. The van der Waals surface area contributed by atoms with Gasteiger partial charge in [-0.1, -0.05) is 11.6 Å². The molecule has 0 spiro atoms. The van der Waals surface area contributed by atoms with Crippen LogP contribution in [0.15, 0.2) is 18.3 Å². The molecular weight excluding hydrogens is 232 g/mol. The van der Waals surface area contributed by atoms with Gasteiger partial charge >= 0.3 is 0 Å². The number of rotatable bonds is 2. The van der Waals surface area contributed by atoms with Crippen LogP contribution in [0.25, 0.3) is 0 Å². The number of nitrogens with zero attached hydrogens (tertiary/aromatic N) is 3. The third-order valence-electron chi connectivity index (χ3n) is 1.69. The molecule has 0 aromatic carbocycles. The zero-order valence-corrected chi connectivity index (χ0v) is 8.69. The van der Waals surface area contributed by atoms with Crippen molar-refractivity contribution in [2.75, 3.05) is 11.1 Å². The molecule has 0 saturated carbocycles. The van der Waals surface area contributed by atoms with Crippen molar-refractivity contribution in [3.63, 3.8) is 0 Å². The van der Waals surface area contributed by atoms with Crippen LogP contribution in [0.5, 0.6) is 0 Å². The highest BCUT2D eigenvalue weighted by atomic mass is 35.5. The summed E-state index contributed by atoms with van der Waals surface area (Å²) in [5, 5.41) is 8.91. The Morgan fingerprint density at radius 3 is 2.88 bits per heavy atom. The third-order valence-corrected chi connectivity index (χ3v) is 1.91. The number of aromatic amines is 1. The van der Waals surface area contributed by atoms with Crippen molar-refractivity contribution < 1.29 is 4.79 Å². The Morgan fingerprint density at radius 2 is 2.31 bits per heavy atom. The van der Waals surface area contributed by atoms with E-state index in [4.69, 9.17) is 17.3 Å². The van der Waals surface area contributed by atoms with Crippen LogP contribution in [0.2, 0.25) is 5.02 Å². The zero-order valence-electron chi connectivity index (χ0n) is 7.94. The smallest absolute Gasteiger partial charge is 0.294 e. The lowest BCUT2D eigenvalue weighted by Gasteiger charge is -2.00. The Kier molecular flexibility index (Phi) is 2.69. The molecule has 7 nitrogen and oxygen atoms in total. The first kappa shape index (κ1) is 10.4. The molecular formula is C8H7ClN6O. The third kappa shape index (κ3) is 2.26. The molecule has 0 aliphatic rings. The summed E-state index contributed by atoms with van der Waals surface area (Å²) in [6, 6.07) is 3.18. The van der Waals surface area contributed by atoms with E-state index < -0.39 is 5.91 Å². The lowest BCUT2D eigenvalue weighted by atomic mass is 10.4. The summed E-state index contributed by atoms with van der Waals surface area (Å²) >= 11 is 5.65. The normalized spacial score (nSPS) is 10.1. The highest BCUT2D eigenvalue weighted by molar-refractivity contribution is 6.30. The number of carbonyl (C=O) groups is 1. The molecule has 0 saturated heterocycles. The Labute approximate surface area is 95.0 Å². The number of hydrogen-bond donors (Lipinski definition) is 3. The SMILES string of the molecule is Nc1n[nH]c(C(=O)Nc2ccc(Cl)cn2)n1. The minimum absolute atomic E-state index is 0.00853. The van der Waals surface area contributed by atoms with Crippen LogP contribution in [0, 0.1) is 0 Å². The highest BCUT2D eigenvalue weighted by Crippen LogP contribution is 2.10. The molecule has 82 valence electrons. The number of hydrogen-bond acceptors (Lipinski definition) is 5. The summed E-state index contributed by atoms with van der Waals surface area (Å²) in [6.45, 7) is 0. The average Bonchev–Trinajstić information content (AvgIpc) is 2.68. The Hall–Kier alpha value is -2.15. The Bertz CT molecular complexity index is 508. The van der Waals surface area contributed by atoms with Crippen LogP contribution in [-0.4, -0.2) is 26.1 Å². The molecule has 2 aromatic heterocycles. The van der Waals surface area contributed by atoms with E-state index in [0.717, 1.165) is 0 Å². The fraction of sp³-hybridized carbons (Fsp3) is 0. The summed E-state index contributed by atoms with van der Waals surface area (Å²) in [5.41, 5.74) is 5.26. The van der Waals surface area contributed by atoms with Crippen molar-refractivity contribution in [3.05, 3.63) is 29.2 Å². The van der Waals surface area contributed by atoms with Gasteiger partial charge in [0.15, 0.2) is 0 Å². The van der Waals surface area contributed by atoms with E-state index >= 15 is 0 Å². The maximum atomic E-state index is 11.5. The lowest BCUT2D eigenvalue weighted by molar-refractivity contribution is 0.101. The van der Waals surface area contributed by atoms with Gasteiger partial charge in [0.05, 0.1) is 5.02 Å². The Balaban J connectivity index is 2.10. The van der Waals surface area contributed by atoms with Gasteiger partial charge in [-0.3, -0.25) is 9.89 Å². The van der Waals surface area contributed by atoms with Gasteiger partial charge in [-0.15, -0.1) is 5.10 Å². The molecule has 4 N–H and O–H groups in total. The summed E-state index contributed by atoms with van der Waals surface area (Å²) < 4.78 is 0. The molecule has 2 aromatic rings. The summed E-state index contributed by atoms with van der Waals surface area (Å²) in [7, 11) is 0. The van der Waals surface area contributed by atoms with Crippen LogP contribution in [0.1, 0.15) is 10.6 Å². The molecule has 0 aliphatic carbocycles. The number of pyridine rings is 1. The van der Waals surface area contributed by atoms with Crippen molar-refractivity contribution in [2.24, 2.45) is 0 Å². The molecule has 16 heavy (non-hydrogen) atoms. The van der Waals surface area contributed by atoms with E-state index in [1.165, 1.54) is 6.20 Å². The molecule has 1 amide bonds. The van der Waals surface area contributed by atoms with E-state index in [2.05, 4.69) is 25.5 Å². The number of aromatic nitrogens is 4. The second kappa shape index (κ2) is 4.15. The summed E-state index contributed by atoms with van der Waals surface area (Å²) in [4.78, 5) is 19.1. The number of nitrogens with two attached hydrogens (primary N) is 1. The van der Waals surface area contributed by atoms with Gasteiger partial charge in [0.1, 0.15) is 5.82 Å². The molecule has 0 unspecified atom stereocenters. The van der Waals surface area contributed by atoms with Gasteiger partial charge < -0.3 is 11.1 Å². The van der Waals surface area contributed by atoms with E-state index in [9.17, 15) is 4.79 Å². The van der Waals surface area contributed by atoms with Crippen LogP contribution < -0.4 is 11.1 Å². The monoisotopic (exact) mass is 238 g/mol. The number of amides is 1. The minimum Gasteiger partial charge on any atom is -0.366 e. The number of H-pyrrole nitrogens is 1. The maximum absolute atomic E-state index is 11.5. The van der Waals surface area contributed by atoms with Crippen LogP contribution in [-0.2, 0) is 0 Å². The first-order chi connectivity index (χ1) is 7.65. The summed E-state index contributed by atoms with van der Waals surface area (Å²) in [6.07, 6.45) is 1.42. The second-order valence-electron chi connectivity index (χ2n) is 2.86. The van der Waals surface area contributed by atoms with E-state index in [0.29, 0.717) is 10.8 Å². The number of carbonyl (C=O) groups excluding carboxylic acids is 1.